The third kappa shape index (κ3) is 2.57. The summed E-state index contributed by atoms with van der Waals surface area (Å²) in [5.74, 6) is 0.0664. The summed E-state index contributed by atoms with van der Waals surface area (Å²) in [6, 6.07) is 11.1. The van der Waals surface area contributed by atoms with Gasteiger partial charge in [0.15, 0.2) is 0 Å². The highest BCUT2D eigenvalue weighted by Crippen LogP contribution is 2.42. The maximum absolute atomic E-state index is 10.9. The summed E-state index contributed by atoms with van der Waals surface area (Å²) in [4.78, 5) is 11.3. The summed E-state index contributed by atoms with van der Waals surface area (Å²) in [6.45, 7) is 0. The van der Waals surface area contributed by atoms with Crippen LogP contribution in [0.15, 0.2) is 52.3 Å². The monoisotopic (exact) mass is 281 g/mol. The Kier molecular flexibility index (Phi) is 3.74. The Labute approximate surface area is 112 Å². The first-order valence-electron chi connectivity index (χ1n) is 4.98. The van der Waals surface area contributed by atoms with E-state index in [1.807, 2.05) is 0 Å². The van der Waals surface area contributed by atoms with Gasteiger partial charge in [-0.05, 0) is 18.2 Å². The summed E-state index contributed by atoms with van der Waals surface area (Å²) in [5, 5.41) is 20.9. The Morgan fingerprint density at radius 3 is 2.56 bits per heavy atom. The van der Waals surface area contributed by atoms with E-state index in [9.17, 15) is 15.2 Å². The van der Waals surface area contributed by atoms with E-state index in [1.165, 1.54) is 18.2 Å². The van der Waals surface area contributed by atoms with Crippen molar-refractivity contribution < 1.29 is 10.0 Å². The first kappa shape index (κ1) is 12.7. The van der Waals surface area contributed by atoms with Gasteiger partial charge in [0, 0.05) is 6.07 Å². The second-order valence-corrected chi connectivity index (χ2v) is 4.87. The number of benzene rings is 2. The second kappa shape index (κ2) is 5.29. The minimum Gasteiger partial charge on any atom is -0.507 e. The molecule has 4 nitrogen and oxygen atoms in total. The van der Waals surface area contributed by atoms with Crippen LogP contribution in [0, 0.1) is 10.1 Å². The topological polar surface area (TPSA) is 63.4 Å². The third-order valence-electron chi connectivity index (χ3n) is 2.22. The molecule has 92 valence electrons. The van der Waals surface area contributed by atoms with Gasteiger partial charge in [-0.3, -0.25) is 10.1 Å². The van der Waals surface area contributed by atoms with Crippen LogP contribution in [0.4, 0.5) is 5.69 Å². The number of hydrogen-bond donors (Lipinski definition) is 1. The molecule has 0 aliphatic heterocycles. The molecule has 2 aromatic carbocycles. The lowest BCUT2D eigenvalue weighted by molar-refractivity contribution is -0.387. The molecule has 0 fully saturated rings. The van der Waals surface area contributed by atoms with E-state index in [-0.39, 0.29) is 16.5 Å². The lowest BCUT2D eigenvalue weighted by atomic mass is 10.3. The summed E-state index contributed by atoms with van der Waals surface area (Å²) in [6.07, 6.45) is 0. The number of aromatic hydroxyl groups is 1. The number of para-hydroxylation sites is 1. The predicted molar refractivity (Wildman–Crippen MR) is 70.3 cm³/mol. The zero-order chi connectivity index (χ0) is 13.1. The van der Waals surface area contributed by atoms with Gasteiger partial charge in [0.1, 0.15) is 10.6 Å². The number of halogens is 1. The van der Waals surface area contributed by atoms with Crippen molar-refractivity contribution in [1.82, 2.24) is 0 Å². The molecule has 0 aliphatic carbocycles. The summed E-state index contributed by atoms with van der Waals surface area (Å²) < 4.78 is 0. The largest absolute Gasteiger partial charge is 0.507 e. The Morgan fingerprint density at radius 2 is 1.89 bits per heavy atom. The fourth-order valence-electron chi connectivity index (χ4n) is 1.40. The molecule has 2 rings (SSSR count). The number of nitrogens with zero attached hydrogens (tertiary/aromatic N) is 1. The van der Waals surface area contributed by atoms with Crippen LogP contribution in [0.5, 0.6) is 5.75 Å². The molecule has 0 radical (unpaired) electrons. The van der Waals surface area contributed by atoms with E-state index >= 15 is 0 Å². The molecule has 0 aromatic heterocycles. The van der Waals surface area contributed by atoms with Gasteiger partial charge in [0.25, 0.3) is 5.69 Å². The number of nitro benzene ring substituents is 1. The molecule has 0 aliphatic rings. The van der Waals surface area contributed by atoms with Crippen LogP contribution >= 0.6 is 23.4 Å². The van der Waals surface area contributed by atoms with Crippen LogP contribution in [-0.2, 0) is 0 Å². The quantitative estimate of drug-likeness (QED) is 0.679. The van der Waals surface area contributed by atoms with Crippen LogP contribution in [0.2, 0.25) is 5.02 Å². The van der Waals surface area contributed by atoms with Gasteiger partial charge in [0.05, 0.1) is 14.8 Å². The van der Waals surface area contributed by atoms with Crippen LogP contribution in [-0.4, -0.2) is 10.0 Å². The van der Waals surface area contributed by atoms with Crippen LogP contribution in [0.1, 0.15) is 0 Å². The molecule has 2 aromatic rings. The van der Waals surface area contributed by atoms with Crippen molar-refractivity contribution in [3.05, 3.63) is 57.6 Å². The van der Waals surface area contributed by atoms with Crippen molar-refractivity contribution in [1.29, 1.82) is 0 Å². The Balaban J connectivity index is 2.46. The smallest absolute Gasteiger partial charge is 0.284 e. The van der Waals surface area contributed by atoms with Gasteiger partial charge < -0.3 is 5.11 Å². The van der Waals surface area contributed by atoms with Crippen LogP contribution in [0.3, 0.4) is 0 Å². The first-order valence-corrected chi connectivity index (χ1v) is 6.18. The molecule has 0 spiro atoms. The highest BCUT2D eigenvalue weighted by Gasteiger charge is 2.18. The Morgan fingerprint density at radius 1 is 1.17 bits per heavy atom. The van der Waals surface area contributed by atoms with Gasteiger partial charge in [0.2, 0.25) is 0 Å². The zero-order valence-corrected chi connectivity index (χ0v) is 10.6. The summed E-state index contributed by atoms with van der Waals surface area (Å²) in [5.41, 5.74) is -0.0734. The van der Waals surface area contributed by atoms with Gasteiger partial charge in [-0.1, -0.05) is 41.6 Å². The number of hydrogen-bond acceptors (Lipinski definition) is 4. The minimum absolute atomic E-state index is 0.0664. The van der Waals surface area contributed by atoms with Crippen LogP contribution < -0.4 is 0 Å². The minimum atomic E-state index is -0.492. The second-order valence-electron chi connectivity index (χ2n) is 3.41. The number of nitro groups is 1. The van der Waals surface area contributed by atoms with Gasteiger partial charge in [-0.2, -0.15) is 0 Å². The number of phenols is 1. The van der Waals surface area contributed by atoms with Crippen molar-refractivity contribution in [2.24, 2.45) is 0 Å². The van der Waals surface area contributed by atoms with E-state index in [1.54, 1.807) is 24.3 Å². The molecule has 0 atom stereocenters. The molecule has 0 saturated heterocycles. The van der Waals surface area contributed by atoms with Crippen LogP contribution in [0.25, 0.3) is 0 Å². The van der Waals surface area contributed by atoms with Crippen molar-refractivity contribution in [3.8, 4) is 5.75 Å². The lowest BCUT2D eigenvalue weighted by Crippen LogP contribution is -1.91. The average molecular weight is 282 g/mol. The molecule has 0 heterocycles. The van der Waals surface area contributed by atoms with E-state index in [2.05, 4.69) is 0 Å². The molecule has 1 N–H and O–H groups in total. The average Bonchev–Trinajstić information content (AvgIpc) is 2.34. The van der Waals surface area contributed by atoms with E-state index in [0.29, 0.717) is 9.79 Å². The molecule has 0 saturated carbocycles. The standard InChI is InChI=1S/C12H8ClNO3S/c13-8-4-3-5-9(14(16)17)12(8)18-11-7-2-1-6-10(11)15/h1-7,15H. The van der Waals surface area contributed by atoms with Gasteiger partial charge >= 0.3 is 0 Å². The predicted octanol–water partition coefficient (Wildman–Crippen LogP) is 4.11. The maximum atomic E-state index is 10.9. The molecule has 0 bridgehead atoms. The van der Waals surface area contributed by atoms with Gasteiger partial charge in [-0.15, -0.1) is 0 Å². The summed E-state index contributed by atoms with van der Waals surface area (Å²) >= 11 is 7.04. The fourth-order valence-corrected chi connectivity index (χ4v) is 2.63. The highest BCUT2D eigenvalue weighted by molar-refractivity contribution is 7.99. The van der Waals surface area contributed by atoms with Crippen molar-refractivity contribution >= 4 is 29.1 Å². The third-order valence-corrected chi connectivity index (χ3v) is 3.85. The molecule has 6 heteroatoms. The van der Waals surface area contributed by atoms with Crippen molar-refractivity contribution in [2.45, 2.75) is 9.79 Å². The highest BCUT2D eigenvalue weighted by atomic mass is 35.5. The van der Waals surface area contributed by atoms with Gasteiger partial charge in [-0.25, -0.2) is 0 Å². The molecular weight excluding hydrogens is 274 g/mol. The Bertz CT molecular complexity index is 604. The molecule has 0 unspecified atom stereocenters. The normalized spacial score (nSPS) is 10.3. The van der Waals surface area contributed by atoms with Crippen molar-refractivity contribution in [2.75, 3.05) is 0 Å². The van der Waals surface area contributed by atoms with Crippen molar-refractivity contribution in [3.63, 3.8) is 0 Å². The molecular formula is C12H8ClNO3S. The zero-order valence-electron chi connectivity index (χ0n) is 9.04. The van der Waals surface area contributed by atoms with E-state index in [0.717, 1.165) is 11.8 Å². The lowest BCUT2D eigenvalue weighted by Gasteiger charge is -2.06. The van der Waals surface area contributed by atoms with E-state index in [4.69, 9.17) is 11.6 Å². The fraction of sp³-hybridized carbons (Fsp3) is 0. The molecule has 18 heavy (non-hydrogen) atoms. The Hall–Kier alpha value is -1.72. The number of rotatable bonds is 3. The summed E-state index contributed by atoms with van der Waals surface area (Å²) in [7, 11) is 0. The van der Waals surface area contributed by atoms with E-state index < -0.39 is 4.92 Å². The number of phenolic OH excluding ortho intramolecular Hbond substituents is 1. The first-order chi connectivity index (χ1) is 8.59. The molecule has 0 amide bonds. The maximum Gasteiger partial charge on any atom is 0.284 e. The SMILES string of the molecule is O=[N+]([O-])c1cccc(Cl)c1Sc1ccccc1O.